The van der Waals surface area contributed by atoms with Gasteiger partial charge < -0.3 is 10.5 Å². The number of hydrogen-bond acceptors (Lipinski definition) is 2. The first kappa shape index (κ1) is 14.4. The van der Waals surface area contributed by atoms with Crippen LogP contribution in [0.2, 0.25) is 0 Å². The summed E-state index contributed by atoms with van der Waals surface area (Å²) in [6, 6.07) is 6.38. The number of benzene rings is 1. The molecule has 0 heterocycles. The van der Waals surface area contributed by atoms with E-state index < -0.39 is 0 Å². The van der Waals surface area contributed by atoms with Crippen molar-refractivity contribution in [1.82, 2.24) is 0 Å². The molecule has 1 atom stereocenters. The Bertz CT molecular complexity index is 416. The van der Waals surface area contributed by atoms with Gasteiger partial charge in [-0.2, -0.15) is 0 Å². The van der Waals surface area contributed by atoms with Crippen molar-refractivity contribution in [3.8, 4) is 5.75 Å². The van der Waals surface area contributed by atoms with Gasteiger partial charge in [-0.25, -0.2) is 0 Å². The smallest absolute Gasteiger partial charge is 0.119 e. The van der Waals surface area contributed by atoms with Gasteiger partial charge in [-0.3, -0.25) is 0 Å². The molecule has 0 amide bonds. The van der Waals surface area contributed by atoms with Crippen molar-refractivity contribution in [3.05, 3.63) is 29.3 Å². The molecule has 2 N–H and O–H groups in total. The summed E-state index contributed by atoms with van der Waals surface area (Å²) in [5.41, 5.74) is 9.27. The molecule has 2 heteroatoms. The van der Waals surface area contributed by atoms with Gasteiger partial charge in [0.05, 0.1) is 7.11 Å². The molecule has 1 aromatic carbocycles. The molecule has 1 unspecified atom stereocenters. The monoisotopic (exact) mass is 261 g/mol. The molecule has 2 rings (SSSR count). The molecule has 0 bridgehead atoms. The summed E-state index contributed by atoms with van der Waals surface area (Å²) >= 11 is 0. The fourth-order valence-corrected chi connectivity index (χ4v) is 3.16. The number of aryl methyl sites for hydroxylation is 1. The van der Waals surface area contributed by atoms with E-state index in [1.165, 1.54) is 43.2 Å². The Hall–Kier alpha value is -1.02. The van der Waals surface area contributed by atoms with Crippen molar-refractivity contribution in [2.75, 3.05) is 7.11 Å². The minimum atomic E-state index is -0.115. The van der Waals surface area contributed by atoms with Crippen LogP contribution in [0.15, 0.2) is 18.2 Å². The molecule has 1 aliphatic rings. The second-order valence-electron chi connectivity index (χ2n) is 5.84. The van der Waals surface area contributed by atoms with E-state index in [9.17, 15) is 0 Å². The average molecular weight is 261 g/mol. The van der Waals surface area contributed by atoms with E-state index >= 15 is 0 Å². The molecular weight excluding hydrogens is 234 g/mol. The summed E-state index contributed by atoms with van der Waals surface area (Å²) < 4.78 is 5.33. The summed E-state index contributed by atoms with van der Waals surface area (Å²) in [5.74, 6) is 0.932. The van der Waals surface area contributed by atoms with E-state index in [1.54, 1.807) is 7.11 Å². The lowest BCUT2D eigenvalue weighted by atomic mass is 9.87. The Morgan fingerprint density at radius 1 is 1.21 bits per heavy atom. The first-order valence-corrected chi connectivity index (χ1v) is 7.66. The Labute approximate surface area is 117 Å². The highest BCUT2D eigenvalue weighted by Crippen LogP contribution is 2.40. The van der Waals surface area contributed by atoms with E-state index in [0.29, 0.717) is 0 Å². The number of ether oxygens (including phenoxy) is 1. The van der Waals surface area contributed by atoms with Crippen LogP contribution in [0.25, 0.3) is 0 Å². The van der Waals surface area contributed by atoms with Gasteiger partial charge in [-0.1, -0.05) is 45.1 Å². The molecule has 0 spiro atoms. The van der Waals surface area contributed by atoms with Crippen LogP contribution in [-0.2, 0) is 12.0 Å². The zero-order valence-electron chi connectivity index (χ0n) is 12.4. The molecule has 0 aromatic heterocycles. The molecule has 0 saturated carbocycles. The van der Waals surface area contributed by atoms with Crippen molar-refractivity contribution in [2.45, 2.75) is 63.8 Å². The van der Waals surface area contributed by atoms with Crippen molar-refractivity contribution in [1.29, 1.82) is 0 Å². The van der Waals surface area contributed by atoms with Crippen LogP contribution in [0.3, 0.4) is 0 Å². The molecule has 106 valence electrons. The summed E-state index contributed by atoms with van der Waals surface area (Å²) in [6.45, 7) is 2.25. The summed E-state index contributed by atoms with van der Waals surface area (Å²) in [4.78, 5) is 0. The standard InChI is InChI=1S/C17H27NO/c1-3-4-5-6-7-11-17(18)12-10-14-8-9-15(19-2)13-16(14)17/h8-9,13H,3-7,10-12,18H2,1-2H3. The summed E-state index contributed by atoms with van der Waals surface area (Å²) in [5, 5.41) is 0. The molecule has 0 aliphatic heterocycles. The van der Waals surface area contributed by atoms with Gasteiger partial charge in [0.15, 0.2) is 0 Å². The third-order valence-electron chi connectivity index (χ3n) is 4.42. The molecule has 1 aliphatic carbocycles. The molecule has 0 saturated heterocycles. The van der Waals surface area contributed by atoms with Crippen molar-refractivity contribution in [3.63, 3.8) is 0 Å². The summed E-state index contributed by atoms with van der Waals surface area (Å²) in [6.07, 6.45) is 9.86. The van der Waals surface area contributed by atoms with Gasteiger partial charge in [-0.15, -0.1) is 0 Å². The number of fused-ring (bicyclic) bond motifs is 1. The number of methoxy groups -OCH3 is 1. The molecule has 0 fully saturated rings. The van der Waals surface area contributed by atoms with Gasteiger partial charge in [0, 0.05) is 5.54 Å². The largest absolute Gasteiger partial charge is 0.497 e. The van der Waals surface area contributed by atoms with Crippen molar-refractivity contribution in [2.24, 2.45) is 5.73 Å². The molecule has 19 heavy (non-hydrogen) atoms. The highest BCUT2D eigenvalue weighted by molar-refractivity contribution is 5.43. The summed E-state index contributed by atoms with van der Waals surface area (Å²) in [7, 11) is 1.72. The lowest BCUT2D eigenvalue weighted by molar-refractivity contribution is 0.379. The second-order valence-corrected chi connectivity index (χ2v) is 5.84. The van der Waals surface area contributed by atoms with Crippen LogP contribution < -0.4 is 10.5 Å². The van der Waals surface area contributed by atoms with Crippen molar-refractivity contribution < 1.29 is 4.74 Å². The molecule has 2 nitrogen and oxygen atoms in total. The van der Waals surface area contributed by atoms with E-state index in [1.807, 2.05) is 6.07 Å². The zero-order chi connectivity index (χ0) is 13.7. The minimum absolute atomic E-state index is 0.115. The van der Waals surface area contributed by atoms with Gasteiger partial charge in [0.2, 0.25) is 0 Å². The Balaban J connectivity index is 1.98. The normalized spacial score (nSPS) is 21.4. The van der Waals surface area contributed by atoms with Crippen LogP contribution in [0.4, 0.5) is 0 Å². The quantitative estimate of drug-likeness (QED) is 0.748. The second kappa shape index (κ2) is 6.42. The lowest BCUT2D eigenvalue weighted by Gasteiger charge is -2.26. The van der Waals surface area contributed by atoms with Crippen molar-refractivity contribution >= 4 is 0 Å². The number of unbranched alkanes of at least 4 members (excludes halogenated alkanes) is 4. The fourth-order valence-electron chi connectivity index (χ4n) is 3.16. The van der Waals surface area contributed by atoms with Crippen LogP contribution in [0, 0.1) is 0 Å². The third-order valence-corrected chi connectivity index (χ3v) is 4.42. The van der Waals surface area contributed by atoms with Gasteiger partial charge >= 0.3 is 0 Å². The average Bonchev–Trinajstić information content (AvgIpc) is 2.76. The Morgan fingerprint density at radius 2 is 2.00 bits per heavy atom. The van der Waals surface area contributed by atoms with E-state index in [0.717, 1.165) is 25.0 Å². The highest BCUT2D eigenvalue weighted by atomic mass is 16.5. The predicted octanol–water partition coefficient (Wildman–Crippen LogP) is 4.16. The van der Waals surface area contributed by atoms with Crippen LogP contribution >= 0.6 is 0 Å². The maximum Gasteiger partial charge on any atom is 0.119 e. The van der Waals surface area contributed by atoms with E-state index in [-0.39, 0.29) is 5.54 Å². The zero-order valence-corrected chi connectivity index (χ0v) is 12.4. The van der Waals surface area contributed by atoms with Crippen LogP contribution in [0.1, 0.15) is 63.0 Å². The Morgan fingerprint density at radius 3 is 2.74 bits per heavy atom. The number of hydrogen-bond donors (Lipinski definition) is 1. The predicted molar refractivity (Wildman–Crippen MR) is 80.6 cm³/mol. The Kier molecular flexibility index (Phi) is 4.87. The van der Waals surface area contributed by atoms with E-state index in [4.69, 9.17) is 10.5 Å². The first-order valence-electron chi connectivity index (χ1n) is 7.66. The van der Waals surface area contributed by atoms with E-state index in [2.05, 4.69) is 19.1 Å². The van der Waals surface area contributed by atoms with Crippen LogP contribution in [-0.4, -0.2) is 7.11 Å². The minimum Gasteiger partial charge on any atom is -0.497 e. The SMILES string of the molecule is CCCCCCCC1(N)CCc2ccc(OC)cc21. The van der Waals surface area contributed by atoms with Crippen LogP contribution in [0.5, 0.6) is 5.75 Å². The van der Waals surface area contributed by atoms with Gasteiger partial charge in [-0.05, 0) is 42.5 Å². The molecule has 1 aromatic rings. The third kappa shape index (κ3) is 3.30. The maximum absolute atomic E-state index is 6.65. The first-order chi connectivity index (χ1) is 9.19. The lowest BCUT2D eigenvalue weighted by Crippen LogP contribution is -2.34. The number of rotatable bonds is 7. The van der Waals surface area contributed by atoms with Gasteiger partial charge in [0.25, 0.3) is 0 Å². The maximum atomic E-state index is 6.65. The topological polar surface area (TPSA) is 35.2 Å². The molecular formula is C17H27NO. The fraction of sp³-hybridized carbons (Fsp3) is 0.647. The van der Waals surface area contributed by atoms with Gasteiger partial charge in [0.1, 0.15) is 5.75 Å². The number of nitrogens with two attached hydrogens (primary N) is 1. The highest BCUT2D eigenvalue weighted by Gasteiger charge is 2.34. The molecule has 0 radical (unpaired) electrons.